The van der Waals surface area contributed by atoms with Crippen LogP contribution in [0, 0.1) is 18.3 Å². The predicted octanol–water partition coefficient (Wildman–Crippen LogP) is 7.79. The van der Waals surface area contributed by atoms with Crippen molar-refractivity contribution in [2.24, 2.45) is 18.4 Å². The van der Waals surface area contributed by atoms with Gasteiger partial charge in [-0.15, -0.1) is 0 Å². The number of aldehydes is 1. The van der Waals surface area contributed by atoms with Crippen molar-refractivity contribution in [3.8, 4) is 5.75 Å². The van der Waals surface area contributed by atoms with Gasteiger partial charge in [-0.25, -0.2) is 4.98 Å². The molecular weight excluding hydrogens is 657 g/mol. The number of halogens is 3. The molecule has 1 saturated carbocycles. The predicted molar refractivity (Wildman–Crippen MR) is 192 cm³/mol. The van der Waals surface area contributed by atoms with Gasteiger partial charge in [0.1, 0.15) is 5.75 Å². The van der Waals surface area contributed by atoms with Crippen molar-refractivity contribution in [2.45, 2.75) is 77.7 Å². The fourth-order valence-corrected chi connectivity index (χ4v) is 7.79. The highest BCUT2D eigenvalue weighted by atomic mass is 19.4. The third kappa shape index (κ3) is 7.19. The van der Waals surface area contributed by atoms with Crippen LogP contribution in [0.3, 0.4) is 0 Å². The number of hydrogen-bond acceptors (Lipinski definition) is 6. The molecule has 2 heterocycles. The molecule has 2 unspecified atom stereocenters. The highest BCUT2D eigenvalue weighted by Gasteiger charge is 2.36. The fraction of sp³-hybridized carbons (Fsp3) is 0.425. The minimum absolute atomic E-state index is 0.0683. The molecule has 0 bridgehead atoms. The maximum Gasteiger partial charge on any atom is 0.417 e. The molecule has 1 amide bonds. The van der Waals surface area contributed by atoms with Gasteiger partial charge < -0.3 is 19.7 Å². The first-order valence-corrected chi connectivity index (χ1v) is 17.4. The molecule has 2 N–H and O–H groups in total. The standard InChI is InChI=1S/C40H45F3N4O4/c1-24-30(31-9-7-17-39(3,25(31)2)18-15-26-21-36(51-5)27(23-48)20-32(26)40(41,42)43)8-6-10-33(24)45-38(50)37-44-34-22-47(19-16-35(34)46(37)4)28-11-13-29(49)14-12-28/h6-10,15,17-18,20-21,23,25,28-29,49H,11-14,16,19,22H2,1-5H3,(H,45,50)/b18-15+. The molecule has 8 nitrogen and oxygen atoms in total. The van der Waals surface area contributed by atoms with Gasteiger partial charge in [0.25, 0.3) is 5.91 Å². The van der Waals surface area contributed by atoms with Crippen LogP contribution in [0.4, 0.5) is 18.9 Å². The minimum atomic E-state index is -4.67. The number of anilines is 1. The molecule has 11 heteroatoms. The second kappa shape index (κ2) is 14.3. The summed E-state index contributed by atoms with van der Waals surface area (Å²) >= 11 is 0. The average molecular weight is 703 g/mol. The fourth-order valence-electron chi connectivity index (χ4n) is 7.79. The van der Waals surface area contributed by atoms with Gasteiger partial charge >= 0.3 is 6.18 Å². The van der Waals surface area contributed by atoms with Gasteiger partial charge in [0.15, 0.2) is 12.1 Å². The third-order valence-electron chi connectivity index (χ3n) is 11.2. The second-order valence-corrected chi connectivity index (χ2v) is 14.2. The zero-order valence-corrected chi connectivity index (χ0v) is 29.7. The number of nitrogens with one attached hydrogen (secondary N) is 1. The van der Waals surface area contributed by atoms with Gasteiger partial charge in [-0.3, -0.25) is 14.5 Å². The molecule has 0 spiro atoms. The summed E-state index contributed by atoms with van der Waals surface area (Å²) in [4.78, 5) is 32.4. The lowest BCUT2D eigenvalue weighted by Crippen LogP contribution is -2.42. The molecule has 51 heavy (non-hydrogen) atoms. The lowest BCUT2D eigenvalue weighted by atomic mass is 9.69. The average Bonchev–Trinajstić information content (AvgIpc) is 3.44. The number of aromatic nitrogens is 2. The third-order valence-corrected chi connectivity index (χ3v) is 11.2. The van der Waals surface area contributed by atoms with Crippen molar-refractivity contribution in [1.29, 1.82) is 0 Å². The molecule has 270 valence electrons. The van der Waals surface area contributed by atoms with Gasteiger partial charge in [-0.1, -0.05) is 56.4 Å². The van der Waals surface area contributed by atoms with E-state index in [2.05, 4.69) is 10.2 Å². The maximum absolute atomic E-state index is 14.0. The number of hydrogen-bond donors (Lipinski definition) is 2. The molecule has 6 rings (SSSR count). The van der Waals surface area contributed by atoms with Gasteiger partial charge in [0, 0.05) is 49.4 Å². The Morgan fingerprint density at radius 1 is 1.16 bits per heavy atom. The van der Waals surface area contributed by atoms with Crippen LogP contribution in [-0.4, -0.2) is 57.6 Å². The van der Waals surface area contributed by atoms with Gasteiger partial charge in [-0.05, 0) is 79.0 Å². The smallest absolute Gasteiger partial charge is 0.417 e. The van der Waals surface area contributed by atoms with Crippen LogP contribution < -0.4 is 10.1 Å². The summed E-state index contributed by atoms with van der Waals surface area (Å²) in [5, 5.41) is 13.0. The summed E-state index contributed by atoms with van der Waals surface area (Å²) in [5.41, 5.74) is 3.57. The number of fused-ring (bicyclic) bond motifs is 1. The van der Waals surface area contributed by atoms with Crippen molar-refractivity contribution >= 4 is 29.5 Å². The number of aliphatic hydroxyl groups excluding tert-OH is 1. The number of alkyl halides is 3. The number of rotatable bonds is 8. The second-order valence-electron chi connectivity index (χ2n) is 14.2. The number of benzene rings is 2. The molecule has 2 aromatic carbocycles. The van der Waals surface area contributed by atoms with E-state index in [1.54, 1.807) is 6.08 Å². The topological polar surface area (TPSA) is 96.7 Å². The van der Waals surface area contributed by atoms with Crippen LogP contribution >= 0.6 is 0 Å². The van der Waals surface area contributed by atoms with Crippen molar-refractivity contribution in [1.82, 2.24) is 14.5 Å². The van der Waals surface area contributed by atoms with Gasteiger partial charge in [-0.2, -0.15) is 13.2 Å². The Hall–Kier alpha value is -4.48. The summed E-state index contributed by atoms with van der Waals surface area (Å²) in [6.07, 6.45) is 8.94. The Morgan fingerprint density at radius 3 is 2.59 bits per heavy atom. The molecule has 1 aliphatic heterocycles. The molecule has 3 aromatic rings. The van der Waals surface area contributed by atoms with E-state index in [0.717, 1.165) is 72.8 Å². The molecule has 3 aliphatic rings. The van der Waals surface area contributed by atoms with Crippen LogP contribution in [0.5, 0.6) is 5.75 Å². The molecule has 0 radical (unpaired) electrons. The quantitative estimate of drug-likeness (QED) is 0.233. The highest BCUT2D eigenvalue weighted by molar-refractivity contribution is 6.03. The molecule has 2 atom stereocenters. The maximum atomic E-state index is 14.0. The zero-order chi connectivity index (χ0) is 36.7. The lowest BCUT2D eigenvalue weighted by Gasteiger charge is -2.37. The number of allylic oxidation sites excluding steroid dienone is 5. The van der Waals surface area contributed by atoms with E-state index in [1.807, 2.05) is 68.8 Å². The number of imidazole rings is 1. The van der Waals surface area contributed by atoms with Crippen LogP contribution in [0.1, 0.15) is 94.1 Å². The molecule has 2 aliphatic carbocycles. The first kappa shape index (κ1) is 36.3. The number of methoxy groups -OCH3 is 1. The SMILES string of the molecule is COc1cc(/C=C/C2(C)C=CC=C(c3cccc(NC(=O)c4nc5c(n4C)CCN(C4CCC(O)CC4)C5)c3C)C2C)c(C(F)(F)F)cc1C=O. The number of nitrogens with zero attached hydrogens (tertiary/aromatic N) is 3. The molecule has 1 aromatic heterocycles. The summed E-state index contributed by atoms with van der Waals surface area (Å²) in [6, 6.07) is 8.22. The molecule has 1 fully saturated rings. The van der Waals surface area contributed by atoms with Crippen LogP contribution in [0.15, 0.2) is 54.6 Å². The monoisotopic (exact) mass is 702 g/mol. The Bertz CT molecular complexity index is 1920. The number of ether oxygens (including phenoxy) is 1. The lowest BCUT2D eigenvalue weighted by molar-refractivity contribution is -0.137. The number of carbonyl (C=O) groups is 2. The first-order chi connectivity index (χ1) is 24.2. The van der Waals surface area contributed by atoms with E-state index in [4.69, 9.17) is 9.72 Å². The van der Waals surface area contributed by atoms with Crippen LogP contribution in [0.25, 0.3) is 11.6 Å². The van der Waals surface area contributed by atoms with E-state index in [9.17, 15) is 27.9 Å². The van der Waals surface area contributed by atoms with E-state index >= 15 is 0 Å². The Morgan fingerprint density at radius 2 is 1.90 bits per heavy atom. The van der Waals surface area contributed by atoms with Crippen molar-refractivity contribution in [3.05, 3.63) is 99.7 Å². The number of amides is 1. The van der Waals surface area contributed by atoms with Gasteiger partial charge in [0.05, 0.1) is 30.0 Å². The summed E-state index contributed by atoms with van der Waals surface area (Å²) in [5.74, 6) is -0.0220. The van der Waals surface area contributed by atoms with Crippen LogP contribution in [0.2, 0.25) is 0 Å². The van der Waals surface area contributed by atoms with Crippen molar-refractivity contribution < 1.29 is 32.6 Å². The first-order valence-electron chi connectivity index (χ1n) is 17.4. The summed E-state index contributed by atoms with van der Waals surface area (Å²) < 4.78 is 49.2. The summed E-state index contributed by atoms with van der Waals surface area (Å²) in [7, 11) is 3.20. The van der Waals surface area contributed by atoms with E-state index in [1.165, 1.54) is 19.3 Å². The van der Waals surface area contributed by atoms with Crippen molar-refractivity contribution in [3.63, 3.8) is 0 Å². The Labute approximate surface area is 296 Å². The Balaban J connectivity index is 1.21. The largest absolute Gasteiger partial charge is 0.496 e. The number of carbonyl (C=O) groups excluding carboxylic acids is 2. The molecule has 0 saturated heterocycles. The minimum Gasteiger partial charge on any atom is -0.496 e. The number of aliphatic hydroxyl groups is 1. The van der Waals surface area contributed by atoms with Crippen LogP contribution in [-0.2, 0) is 26.2 Å². The zero-order valence-electron chi connectivity index (χ0n) is 29.7. The van der Waals surface area contributed by atoms with Crippen molar-refractivity contribution in [2.75, 3.05) is 19.0 Å². The highest BCUT2D eigenvalue weighted by Crippen LogP contribution is 2.45. The summed E-state index contributed by atoms with van der Waals surface area (Å²) in [6.45, 7) is 7.53. The Kier molecular flexibility index (Phi) is 10.2. The molecular formula is C40H45F3N4O4. The van der Waals surface area contributed by atoms with Gasteiger partial charge in [0.2, 0.25) is 0 Å². The normalized spacial score (nSPS) is 23.9. The van der Waals surface area contributed by atoms with E-state index in [-0.39, 0.29) is 34.8 Å². The van der Waals surface area contributed by atoms with E-state index in [0.29, 0.717) is 30.4 Å². The van der Waals surface area contributed by atoms with E-state index < -0.39 is 17.2 Å².